The number of rotatable bonds is 3. The summed E-state index contributed by atoms with van der Waals surface area (Å²) < 4.78 is 5.37. The van der Waals surface area contributed by atoms with E-state index < -0.39 is 0 Å². The van der Waals surface area contributed by atoms with Crippen LogP contribution in [-0.2, 0) is 13.0 Å². The molecule has 0 amide bonds. The van der Waals surface area contributed by atoms with E-state index in [-0.39, 0.29) is 11.4 Å². The molecular weight excluding hydrogens is 210 g/mol. The van der Waals surface area contributed by atoms with Crippen molar-refractivity contribution in [2.45, 2.75) is 13.0 Å². The third-order valence-corrected chi connectivity index (χ3v) is 2.95. The molecule has 1 heterocycles. The number of nitrogens with zero attached hydrogens (tertiary/aromatic N) is 2. The number of aromatic nitrogens is 2. The molecule has 2 N–H and O–H groups in total. The van der Waals surface area contributed by atoms with Crippen molar-refractivity contribution in [2.75, 3.05) is 5.73 Å². The Bertz CT molecular complexity index is 489. The van der Waals surface area contributed by atoms with Crippen LogP contribution in [0.1, 0.15) is 5.56 Å². The maximum Gasteiger partial charge on any atom is 0.304 e. The average molecular weight is 221 g/mol. The van der Waals surface area contributed by atoms with E-state index in [1.807, 2.05) is 30.3 Å². The Morgan fingerprint density at radius 2 is 2.07 bits per heavy atom. The van der Waals surface area contributed by atoms with Crippen molar-refractivity contribution in [3.8, 4) is 0 Å². The third kappa shape index (κ3) is 2.24. The molecule has 0 bridgehead atoms. The summed E-state index contributed by atoms with van der Waals surface area (Å²) in [5, 5.41) is 0. The van der Waals surface area contributed by atoms with Gasteiger partial charge in [0, 0.05) is 6.54 Å². The molecule has 4 nitrogen and oxygen atoms in total. The Balaban J connectivity index is 2.06. The molecule has 1 aromatic carbocycles. The van der Waals surface area contributed by atoms with E-state index in [2.05, 4.69) is 4.37 Å². The number of benzene rings is 1. The normalized spacial score (nSPS) is 10.4. The maximum atomic E-state index is 11.4. The first-order valence-electron chi connectivity index (χ1n) is 4.64. The van der Waals surface area contributed by atoms with Gasteiger partial charge >= 0.3 is 5.56 Å². The van der Waals surface area contributed by atoms with Gasteiger partial charge in [-0.2, -0.15) is 4.37 Å². The molecule has 2 rings (SSSR count). The van der Waals surface area contributed by atoms with Crippen LogP contribution in [0.5, 0.6) is 0 Å². The highest BCUT2D eigenvalue weighted by atomic mass is 32.1. The standard InChI is InChI=1S/C10H11N3OS/c11-9-10(14)13(15-12-9)7-6-8-4-2-1-3-5-8/h1-5H,6-7H2,(H2,11,12). The van der Waals surface area contributed by atoms with Crippen LogP contribution >= 0.6 is 11.7 Å². The predicted octanol–water partition coefficient (Wildman–Crippen LogP) is 1.13. The zero-order valence-electron chi connectivity index (χ0n) is 8.09. The SMILES string of the molecule is Nc1nsn(CCc2ccccc2)c1=O. The summed E-state index contributed by atoms with van der Waals surface area (Å²) >= 11 is 1.12. The van der Waals surface area contributed by atoms with E-state index in [1.165, 1.54) is 5.56 Å². The molecule has 0 saturated carbocycles. The Hall–Kier alpha value is -1.62. The predicted molar refractivity (Wildman–Crippen MR) is 60.9 cm³/mol. The largest absolute Gasteiger partial charge is 0.378 e. The van der Waals surface area contributed by atoms with Crippen molar-refractivity contribution in [1.29, 1.82) is 0 Å². The third-order valence-electron chi connectivity index (χ3n) is 2.13. The second kappa shape index (κ2) is 4.27. The second-order valence-electron chi connectivity index (χ2n) is 3.20. The van der Waals surface area contributed by atoms with Gasteiger partial charge in [0.15, 0.2) is 0 Å². The molecule has 0 saturated heterocycles. The van der Waals surface area contributed by atoms with Crippen LogP contribution in [0.4, 0.5) is 5.82 Å². The van der Waals surface area contributed by atoms with Gasteiger partial charge in [0.05, 0.1) is 11.7 Å². The molecule has 0 spiro atoms. The number of hydrogen-bond acceptors (Lipinski definition) is 4. The summed E-state index contributed by atoms with van der Waals surface area (Å²) in [6.07, 6.45) is 0.822. The Morgan fingerprint density at radius 1 is 1.33 bits per heavy atom. The fourth-order valence-corrected chi connectivity index (χ4v) is 1.92. The number of hydrogen-bond donors (Lipinski definition) is 1. The zero-order chi connectivity index (χ0) is 10.7. The first kappa shape index (κ1) is 9.92. The molecule has 0 atom stereocenters. The summed E-state index contributed by atoms with van der Waals surface area (Å²) in [7, 11) is 0. The lowest BCUT2D eigenvalue weighted by atomic mass is 10.2. The van der Waals surface area contributed by atoms with Gasteiger partial charge in [0.2, 0.25) is 5.82 Å². The first-order chi connectivity index (χ1) is 7.27. The molecule has 15 heavy (non-hydrogen) atoms. The van der Waals surface area contributed by atoms with Crippen LogP contribution < -0.4 is 11.3 Å². The van der Waals surface area contributed by atoms with Crippen LogP contribution in [0.2, 0.25) is 0 Å². The molecule has 0 aliphatic carbocycles. The fraction of sp³-hybridized carbons (Fsp3) is 0.200. The van der Waals surface area contributed by atoms with E-state index in [1.54, 1.807) is 3.96 Å². The minimum Gasteiger partial charge on any atom is -0.378 e. The van der Waals surface area contributed by atoms with E-state index in [4.69, 9.17) is 5.73 Å². The number of aryl methyl sites for hydroxylation is 2. The highest BCUT2D eigenvalue weighted by Gasteiger charge is 2.04. The molecule has 0 aliphatic rings. The van der Waals surface area contributed by atoms with Crippen LogP contribution in [-0.4, -0.2) is 8.33 Å². The van der Waals surface area contributed by atoms with Crippen LogP contribution in [0.25, 0.3) is 0 Å². The van der Waals surface area contributed by atoms with E-state index >= 15 is 0 Å². The van der Waals surface area contributed by atoms with Crippen molar-refractivity contribution in [3.05, 3.63) is 46.2 Å². The van der Waals surface area contributed by atoms with Gasteiger partial charge in [-0.25, -0.2) is 3.96 Å². The Morgan fingerprint density at radius 3 is 2.67 bits per heavy atom. The van der Waals surface area contributed by atoms with Crippen molar-refractivity contribution in [2.24, 2.45) is 0 Å². The molecular formula is C10H11N3OS. The highest BCUT2D eigenvalue weighted by Crippen LogP contribution is 2.02. The number of nitrogen functional groups attached to an aromatic ring is 1. The minimum atomic E-state index is -0.184. The molecule has 5 heteroatoms. The minimum absolute atomic E-state index is 0.0908. The van der Waals surface area contributed by atoms with E-state index in [0.29, 0.717) is 6.54 Å². The Labute approximate surface area is 91.3 Å². The summed E-state index contributed by atoms with van der Waals surface area (Å²) in [5.41, 5.74) is 6.40. The molecule has 0 fully saturated rings. The maximum absolute atomic E-state index is 11.4. The van der Waals surface area contributed by atoms with Crippen molar-refractivity contribution in [1.82, 2.24) is 8.33 Å². The number of nitrogens with two attached hydrogens (primary N) is 1. The molecule has 1 aromatic heterocycles. The summed E-state index contributed by atoms with van der Waals surface area (Å²) in [4.78, 5) is 11.4. The molecule has 2 aromatic rings. The van der Waals surface area contributed by atoms with Gasteiger partial charge in [0.1, 0.15) is 0 Å². The highest BCUT2D eigenvalue weighted by molar-refractivity contribution is 7.00. The first-order valence-corrected chi connectivity index (χ1v) is 5.37. The van der Waals surface area contributed by atoms with Gasteiger partial charge in [-0.05, 0) is 12.0 Å². The van der Waals surface area contributed by atoms with Gasteiger partial charge in [-0.15, -0.1) is 0 Å². The topological polar surface area (TPSA) is 60.9 Å². The number of anilines is 1. The van der Waals surface area contributed by atoms with Gasteiger partial charge in [-0.3, -0.25) is 4.79 Å². The average Bonchev–Trinajstić information content (AvgIpc) is 2.59. The van der Waals surface area contributed by atoms with Crippen LogP contribution in [0, 0.1) is 0 Å². The van der Waals surface area contributed by atoms with Crippen molar-refractivity contribution >= 4 is 17.5 Å². The van der Waals surface area contributed by atoms with Crippen molar-refractivity contribution < 1.29 is 0 Å². The Kier molecular flexibility index (Phi) is 2.82. The van der Waals surface area contributed by atoms with Crippen LogP contribution in [0.15, 0.2) is 35.1 Å². The van der Waals surface area contributed by atoms with Gasteiger partial charge < -0.3 is 5.73 Å². The molecule has 0 aliphatic heterocycles. The quantitative estimate of drug-likeness (QED) is 0.845. The van der Waals surface area contributed by atoms with E-state index in [9.17, 15) is 4.79 Å². The van der Waals surface area contributed by atoms with E-state index in [0.717, 1.165) is 18.1 Å². The lowest BCUT2D eigenvalue weighted by Crippen LogP contribution is -2.17. The molecule has 78 valence electrons. The smallest absolute Gasteiger partial charge is 0.304 e. The van der Waals surface area contributed by atoms with Gasteiger partial charge in [-0.1, -0.05) is 30.3 Å². The van der Waals surface area contributed by atoms with Gasteiger partial charge in [0.25, 0.3) is 0 Å². The van der Waals surface area contributed by atoms with Crippen molar-refractivity contribution in [3.63, 3.8) is 0 Å². The summed E-state index contributed by atoms with van der Waals surface area (Å²) in [5.74, 6) is 0.0908. The summed E-state index contributed by atoms with van der Waals surface area (Å²) in [6, 6.07) is 10.0. The van der Waals surface area contributed by atoms with Crippen LogP contribution in [0.3, 0.4) is 0 Å². The molecule has 0 radical (unpaired) electrons. The zero-order valence-corrected chi connectivity index (χ0v) is 8.91. The lowest BCUT2D eigenvalue weighted by Gasteiger charge is -1.99. The second-order valence-corrected chi connectivity index (χ2v) is 3.99. The lowest BCUT2D eigenvalue weighted by molar-refractivity contribution is 0.735. The molecule has 0 unspecified atom stereocenters. The summed E-state index contributed by atoms with van der Waals surface area (Å²) in [6.45, 7) is 0.637. The fourth-order valence-electron chi connectivity index (χ4n) is 1.31. The monoisotopic (exact) mass is 221 g/mol.